The number of hydrogen-bond acceptors (Lipinski definition) is 2. The smallest absolute Gasteiger partial charge is 0.0530 e. The van der Waals surface area contributed by atoms with Gasteiger partial charge in [-0.15, -0.1) is 0 Å². The molecule has 80 valence electrons. The van der Waals surface area contributed by atoms with Gasteiger partial charge >= 0.3 is 0 Å². The standard InChI is InChI=1S/C11H24OS/c1-4-7-11(10-13,8-5-2)9-12-6-3/h13H,4-10H2,1-3H3. The Morgan fingerprint density at radius 2 is 1.62 bits per heavy atom. The Hall–Kier alpha value is 0.310. The molecule has 1 nitrogen and oxygen atoms in total. The molecule has 0 N–H and O–H groups in total. The summed E-state index contributed by atoms with van der Waals surface area (Å²) in [6.45, 7) is 8.23. The Morgan fingerprint density at radius 1 is 1.08 bits per heavy atom. The van der Waals surface area contributed by atoms with Gasteiger partial charge in [-0.2, -0.15) is 12.6 Å². The molecule has 0 aliphatic carbocycles. The maximum atomic E-state index is 5.55. The van der Waals surface area contributed by atoms with Gasteiger partial charge in [0.2, 0.25) is 0 Å². The van der Waals surface area contributed by atoms with E-state index in [2.05, 4.69) is 33.4 Å². The lowest BCUT2D eigenvalue weighted by Crippen LogP contribution is -2.29. The molecule has 0 aromatic carbocycles. The molecule has 0 rings (SSSR count). The molecule has 0 bridgehead atoms. The third kappa shape index (κ3) is 4.92. The van der Waals surface area contributed by atoms with Crippen LogP contribution >= 0.6 is 12.6 Å². The number of ether oxygens (including phenoxy) is 1. The first-order chi connectivity index (χ1) is 6.24. The first-order valence-corrected chi connectivity index (χ1v) is 6.06. The van der Waals surface area contributed by atoms with Crippen molar-refractivity contribution >= 4 is 12.6 Å². The minimum absolute atomic E-state index is 0.336. The van der Waals surface area contributed by atoms with E-state index in [-0.39, 0.29) is 0 Å². The molecule has 0 aliphatic rings. The molecule has 0 radical (unpaired) electrons. The van der Waals surface area contributed by atoms with E-state index in [4.69, 9.17) is 4.74 Å². The second kappa shape index (κ2) is 7.69. The summed E-state index contributed by atoms with van der Waals surface area (Å²) in [6, 6.07) is 0. The van der Waals surface area contributed by atoms with Crippen molar-refractivity contribution in [3.63, 3.8) is 0 Å². The molecule has 0 heterocycles. The molecule has 2 heteroatoms. The lowest BCUT2D eigenvalue weighted by Gasteiger charge is -2.31. The van der Waals surface area contributed by atoms with Gasteiger partial charge in [0.15, 0.2) is 0 Å². The molecule has 0 saturated carbocycles. The molecule has 0 spiro atoms. The highest BCUT2D eigenvalue weighted by Gasteiger charge is 2.26. The van der Waals surface area contributed by atoms with Crippen LogP contribution in [0.4, 0.5) is 0 Å². The van der Waals surface area contributed by atoms with Crippen molar-refractivity contribution in [2.45, 2.75) is 46.5 Å². The fraction of sp³-hybridized carbons (Fsp3) is 1.00. The Bertz CT molecular complexity index is 109. The van der Waals surface area contributed by atoms with Gasteiger partial charge < -0.3 is 4.74 Å². The molecule has 0 atom stereocenters. The van der Waals surface area contributed by atoms with E-state index in [1.807, 2.05) is 0 Å². The molecule has 13 heavy (non-hydrogen) atoms. The Morgan fingerprint density at radius 3 is 1.92 bits per heavy atom. The summed E-state index contributed by atoms with van der Waals surface area (Å²) in [7, 11) is 0. The van der Waals surface area contributed by atoms with Gasteiger partial charge in [0.25, 0.3) is 0 Å². The molecule has 0 aromatic heterocycles. The zero-order valence-electron chi connectivity index (χ0n) is 9.31. The minimum Gasteiger partial charge on any atom is -0.381 e. The first-order valence-electron chi connectivity index (χ1n) is 5.43. The van der Waals surface area contributed by atoms with Gasteiger partial charge in [0.1, 0.15) is 0 Å². The van der Waals surface area contributed by atoms with Crippen molar-refractivity contribution < 1.29 is 4.74 Å². The monoisotopic (exact) mass is 204 g/mol. The summed E-state index contributed by atoms with van der Waals surface area (Å²) >= 11 is 4.46. The maximum absolute atomic E-state index is 5.55. The Balaban J connectivity index is 4.07. The molecule has 0 fully saturated rings. The Labute approximate surface area is 88.7 Å². The third-order valence-corrected chi connectivity index (χ3v) is 3.18. The second-order valence-corrected chi connectivity index (χ2v) is 4.11. The van der Waals surface area contributed by atoms with Crippen molar-refractivity contribution in [3.8, 4) is 0 Å². The fourth-order valence-electron chi connectivity index (χ4n) is 1.85. The summed E-state index contributed by atoms with van der Waals surface area (Å²) in [5.41, 5.74) is 0.336. The Kier molecular flexibility index (Phi) is 7.87. The lowest BCUT2D eigenvalue weighted by atomic mass is 9.82. The van der Waals surface area contributed by atoms with Crippen LogP contribution in [0.15, 0.2) is 0 Å². The van der Waals surface area contributed by atoms with E-state index >= 15 is 0 Å². The SMILES string of the molecule is CCCC(CS)(CCC)COCC. The predicted molar refractivity (Wildman–Crippen MR) is 62.6 cm³/mol. The van der Waals surface area contributed by atoms with Crippen molar-refractivity contribution in [2.24, 2.45) is 5.41 Å². The van der Waals surface area contributed by atoms with E-state index in [1.165, 1.54) is 25.7 Å². The summed E-state index contributed by atoms with van der Waals surface area (Å²) in [5, 5.41) is 0. The summed E-state index contributed by atoms with van der Waals surface area (Å²) in [5.74, 6) is 0.953. The average molecular weight is 204 g/mol. The summed E-state index contributed by atoms with van der Waals surface area (Å²) in [6.07, 6.45) is 4.94. The second-order valence-electron chi connectivity index (χ2n) is 3.80. The van der Waals surface area contributed by atoms with Gasteiger partial charge in [-0.25, -0.2) is 0 Å². The van der Waals surface area contributed by atoms with Crippen molar-refractivity contribution in [3.05, 3.63) is 0 Å². The lowest BCUT2D eigenvalue weighted by molar-refractivity contribution is 0.0524. The topological polar surface area (TPSA) is 9.23 Å². The van der Waals surface area contributed by atoms with E-state index in [0.29, 0.717) is 5.41 Å². The quantitative estimate of drug-likeness (QED) is 0.595. The third-order valence-electron chi connectivity index (χ3n) is 2.51. The zero-order chi connectivity index (χ0) is 10.2. The molecule has 0 aromatic rings. The molecule has 0 unspecified atom stereocenters. The van der Waals surface area contributed by atoms with E-state index < -0.39 is 0 Å². The highest BCUT2D eigenvalue weighted by Crippen LogP contribution is 2.31. The van der Waals surface area contributed by atoms with E-state index in [1.54, 1.807) is 0 Å². The van der Waals surface area contributed by atoms with Crippen LogP contribution in [0.3, 0.4) is 0 Å². The minimum atomic E-state index is 0.336. The van der Waals surface area contributed by atoms with Crippen molar-refractivity contribution in [2.75, 3.05) is 19.0 Å². The van der Waals surface area contributed by atoms with Gasteiger partial charge in [-0.1, -0.05) is 26.7 Å². The number of hydrogen-bond donors (Lipinski definition) is 1. The maximum Gasteiger partial charge on any atom is 0.0530 e. The highest BCUT2D eigenvalue weighted by atomic mass is 32.1. The van der Waals surface area contributed by atoms with Gasteiger partial charge in [-0.3, -0.25) is 0 Å². The van der Waals surface area contributed by atoms with Gasteiger partial charge in [-0.05, 0) is 25.5 Å². The molecule has 0 saturated heterocycles. The largest absolute Gasteiger partial charge is 0.381 e. The van der Waals surface area contributed by atoms with Crippen LogP contribution in [-0.2, 0) is 4.74 Å². The van der Waals surface area contributed by atoms with Crippen molar-refractivity contribution in [1.82, 2.24) is 0 Å². The van der Waals surface area contributed by atoms with Crippen LogP contribution in [0.25, 0.3) is 0 Å². The van der Waals surface area contributed by atoms with Crippen LogP contribution < -0.4 is 0 Å². The summed E-state index contributed by atoms with van der Waals surface area (Å²) in [4.78, 5) is 0. The highest BCUT2D eigenvalue weighted by molar-refractivity contribution is 7.80. The number of thiol groups is 1. The number of rotatable bonds is 8. The van der Waals surface area contributed by atoms with Crippen LogP contribution in [0.5, 0.6) is 0 Å². The normalized spacial score (nSPS) is 12.0. The van der Waals surface area contributed by atoms with Crippen LogP contribution in [0, 0.1) is 5.41 Å². The van der Waals surface area contributed by atoms with Crippen molar-refractivity contribution in [1.29, 1.82) is 0 Å². The first kappa shape index (κ1) is 13.3. The van der Waals surface area contributed by atoms with Crippen LogP contribution in [0.1, 0.15) is 46.5 Å². The zero-order valence-corrected chi connectivity index (χ0v) is 10.2. The molecule has 0 aliphatic heterocycles. The van der Waals surface area contributed by atoms with Crippen LogP contribution in [0.2, 0.25) is 0 Å². The van der Waals surface area contributed by atoms with Gasteiger partial charge in [0, 0.05) is 12.0 Å². The predicted octanol–water partition coefficient (Wildman–Crippen LogP) is 3.54. The average Bonchev–Trinajstić information content (AvgIpc) is 2.15. The van der Waals surface area contributed by atoms with E-state index in [9.17, 15) is 0 Å². The fourth-order valence-corrected chi connectivity index (χ4v) is 2.26. The van der Waals surface area contributed by atoms with Gasteiger partial charge in [0.05, 0.1) is 6.61 Å². The molecule has 0 amide bonds. The van der Waals surface area contributed by atoms with E-state index in [0.717, 1.165) is 19.0 Å². The molecular formula is C11H24OS. The molecular weight excluding hydrogens is 180 g/mol. The summed E-state index contributed by atoms with van der Waals surface area (Å²) < 4.78 is 5.55. The van der Waals surface area contributed by atoms with Crippen LogP contribution in [-0.4, -0.2) is 19.0 Å².